The zero-order chi connectivity index (χ0) is 18.6. The topological polar surface area (TPSA) is 49.0 Å². The molecule has 1 N–H and O–H groups in total. The molecule has 3 aromatic rings. The van der Waals surface area contributed by atoms with Gasteiger partial charge < -0.3 is 9.88 Å². The van der Waals surface area contributed by atoms with Crippen molar-refractivity contribution < 1.29 is 9.18 Å². The molecule has 1 saturated heterocycles. The number of imidazole rings is 1. The Morgan fingerprint density at radius 1 is 1.19 bits per heavy atom. The average Bonchev–Trinajstić information content (AvgIpc) is 3.09. The number of amides is 1. The Morgan fingerprint density at radius 3 is 2.89 bits per heavy atom. The molecule has 0 radical (unpaired) electrons. The molecule has 140 valence electrons. The molecule has 1 aliphatic rings. The average molecular weight is 365 g/mol. The second kappa shape index (κ2) is 7.91. The van der Waals surface area contributed by atoms with E-state index >= 15 is 0 Å². The first-order valence-corrected chi connectivity index (χ1v) is 9.66. The van der Waals surface area contributed by atoms with Crippen LogP contribution in [0.3, 0.4) is 0 Å². The van der Waals surface area contributed by atoms with Crippen LogP contribution in [0.15, 0.2) is 48.5 Å². The third kappa shape index (κ3) is 4.18. The first-order chi connectivity index (χ1) is 13.2. The number of halogens is 1. The van der Waals surface area contributed by atoms with Gasteiger partial charge in [-0.1, -0.05) is 30.3 Å². The SMILES string of the molecule is O=C(CCc1nc2ccc(F)cc2[nH]1)N1CCCCC1Cc1ccccc1. The Labute approximate surface area is 158 Å². The van der Waals surface area contributed by atoms with Crippen LogP contribution in [0.4, 0.5) is 4.39 Å². The number of nitrogens with one attached hydrogen (secondary N) is 1. The lowest BCUT2D eigenvalue weighted by Crippen LogP contribution is -2.45. The highest BCUT2D eigenvalue weighted by molar-refractivity contribution is 5.78. The summed E-state index contributed by atoms with van der Waals surface area (Å²) in [6.45, 7) is 0.835. The van der Waals surface area contributed by atoms with Gasteiger partial charge in [0.1, 0.15) is 11.6 Å². The van der Waals surface area contributed by atoms with E-state index in [-0.39, 0.29) is 17.8 Å². The van der Waals surface area contributed by atoms with Crippen molar-refractivity contribution in [2.24, 2.45) is 0 Å². The molecule has 0 spiro atoms. The van der Waals surface area contributed by atoms with Gasteiger partial charge in [0.25, 0.3) is 0 Å². The molecule has 0 aliphatic carbocycles. The van der Waals surface area contributed by atoms with E-state index in [2.05, 4.69) is 39.1 Å². The third-order valence-electron chi connectivity index (χ3n) is 5.33. The van der Waals surface area contributed by atoms with Crippen LogP contribution in [0.5, 0.6) is 0 Å². The van der Waals surface area contributed by atoms with E-state index in [0.29, 0.717) is 18.4 Å². The molecule has 0 saturated carbocycles. The molecular formula is C22H24FN3O. The van der Waals surface area contributed by atoms with Crippen molar-refractivity contribution in [2.75, 3.05) is 6.54 Å². The van der Waals surface area contributed by atoms with Gasteiger partial charge in [-0.3, -0.25) is 4.79 Å². The number of nitrogens with zero attached hydrogens (tertiary/aromatic N) is 2. The highest BCUT2D eigenvalue weighted by Gasteiger charge is 2.26. The van der Waals surface area contributed by atoms with Crippen LogP contribution in [-0.4, -0.2) is 33.4 Å². The number of likely N-dealkylation sites (tertiary alicyclic amines) is 1. The Hall–Kier alpha value is -2.69. The molecule has 4 rings (SSSR count). The van der Waals surface area contributed by atoms with Crippen molar-refractivity contribution in [2.45, 2.75) is 44.6 Å². The van der Waals surface area contributed by atoms with Crippen LogP contribution in [-0.2, 0) is 17.6 Å². The van der Waals surface area contributed by atoms with Crippen LogP contribution in [0.25, 0.3) is 11.0 Å². The van der Waals surface area contributed by atoms with E-state index in [1.807, 2.05) is 6.07 Å². The summed E-state index contributed by atoms with van der Waals surface area (Å²) in [7, 11) is 0. The zero-order valence-electron chi connectivity index (χ0n) is 15.3. The molecule has 0 bridgehead atoms. The number of benzene rings is 2. The van der Waals surface area contributed by atoms with Crippen molar-refractivity contribution in [3.63, 3.8) is 0 Å². The Kier molecular flexibility index (Phi) is 5.19. The van der Waals surface area contributed by atoms with Gasteiger partial charge in [-0.05, 0) is 49.4 Å². The van der Waals surface area contributed by atoms with Crippen molar-refractivity contribution in [3.8, 4) is 0 Å². The molecule has 1 fully saturated rings. The number of rotatable bonds is 5. The van der Waals surface area contributed by atoms with Crippen LogP contribution in [0.2, 0.25) is 0 Å². The highest BCUT2D eigenvalue weighted by atomic mass is 19.1. The lowest BCUT2D eigenvalue weighted by atomic mass is 9.95. The fourth-order valence-electron chi connectivity index (χ4n) is 3.95. The fraction of sp³-hybridized carbons (Fsp3) is 0.364. The van der Waals surface area contributed by atoms with E-state index < -0.39 is 0 Å². The van der Waals surface area contributed by atoms with E-state index in [0.717, 1.165) is 37.1 Å². The number of hydrogen-bond acceptors (Lipinski definition) is 2. The fourth-order valence-corrected chi connectivity index (χ4v) is 3.95. The largest absolute Gasteiger partial charge is 0.342 e. The van der Waals surface area contributed by atoms with Crippen LogP contribution in [0, 0.1) is 5.82 Å². The van der Waals surface area contributed by atoms with Gasteiger partial charge >= 0.3 is 0 Å². The summed E-state index contributed by atoms with van der Waals surface area (Å²) in [6.07, 6.45) is 5.19. The second-order valence-electron chi connectivity index (χ2n) is 7.27. The maximum absolute atomic E-state index is 13.3. The van der Waals surface area contributed by atoms with E-state index in [1.165, 1.54) is 24.1 Å². The smallest absolute Gasteiger partial charge is 0.223 e. The minimum atomic E-state index is -0.286. The number of fused-ring (bicyclic) bond motifs is 1. The van der Waals surface area contributed by atoms with Gasteiger partial charge in [-0.25, -0.2) is 9.37 Å². The third-order valence-corrected chi connectivity index (χ3v) is 5.33. The number of H-pyrrole nitrogens is 1. The first-order valence-electron chi connectivity index (χ1n) is 9.66. The molecule has 1 atom stereocenters. The minimum absolute atomic E-state index is 0.183. The maximum Gasteiger partial charge on any atom is 0.223 e. The summed E-state index contributed by atoms with van der Waals surface area (Å²) in [5.74, 6) is 0.633. The Morgan fingerprint density at radius 2 is 2.04 bits per heavy atom. The number of aromatic nitrogens is 2. The highest BCUT2D eigenvalue weighted by Crippen LogP contribution is 2.22. The van der Waals surface area contributed by atoms with Crippen molar-refractivity contribution in [1.29, 1.82) is 0 Å². The summed E-state index contributed by atoms with van der Waals surface area (Å²) in [4.78, 5) is 22.5. The molecular weight excluding hydrogens is 341 g/mol. The van der Waals surface area contributed by atoms with E-state index in [9.17, 15) is 9.18 Å². The zero-order valence-corrected chi connectivity index (χ0v) is 15.3. The van der Waals surface area contributed by atoms with E-state index in [1.54, 1.807) is 6.07 Å². The molecule has 2 aromatic carbocycles. The Balaban J connectivity index is 1.40. The van der Waals surface area contributed by atoms with E-state index in [4.69, 9.17) is 0 Å². The number of aromatic amines is 1. The molecule has 2 heterocycles. The summed E-state index contributed by atoms with van der Waals surface area (Å²) >= 11 is 0. The van der Waals surface area contributed by atoms with Crippen LogP contribution < -0.4 is 0 Å². The summed E-state index contributed by atoms with van der Waals surface area (Å²) in [5.41, 5.74) is 2.69. The monoisotopic (exact) mass is 365 g/mol. The molecule has 1 amide bonds. The van der Waals surface area contributed by atoms with Gasteiger partial charge in [0, 0.05) is 25.4 Å². The molecule has 27 heavy (non-hydrogen) atoms. The minimum Gasteiger partial charge on any atom is -0.342 e. The van der Waals surface area contributed by atoms with Gasteiger partial charge in [-0.2, -0.15) is 0 Å². The lowest BCUT2D eigenvalue weighted by molar-refractivity contribution is -0.134. The normalized spacial score (nSPS) is 17.4. The first kappa shape index (κ1) is 17.7. The quantitative estimate of drug-likeness (QED) is 0.734. The second-order valence-corrected chi connectivity index (χ2v) is 7.27. The number of piperidine rings is 1. The van der Waals surface area contributed by atoms with Crippen LogP contribution >= 0.6 is 0 Å². The summed E-state index contributed by atoms with van der Waals surface area (Å²) < 4.78 is 13.3. The lowest BCUT2D eigenvalue weighted by Gasteiger charge is -2.36. The van der Waals surface area contributed by atoms with Crippen molar-refractivity contribution >= 4 is 16.9 Å². The van der Waals surface area contributed by atoms with Crippen LogP contribution in [0.1, 0.15) is 37.1 Å². The molecule has 1 aromatic heterocycles. The number of aryl methyl sites for hydroxylation is 1. The standard InChI is InChI=1S/C22H24FN3O/c23-17-9-10-19-20(15-17)25-21(24-19)11-12-22(27)26-13-5-4-8-18(26)14-16-6-2-1-3-7-16/h1-3,6-7,9-10,15,18H,4-5,8,11-14H2,(H,24,25). The van der Waals surface area contributed by atoms with Gasteiger partial charge in [0.15, 0.2) is 0 Å². The Bertz CT molecular complexity index is 922. The molecule has 4 nitrogen and oxygen atoms in total. The predicted molar refractivity (Wildman–Crippen MR) is 104 cm³/mol. The molecule has 1 aliphatic heterocycles. The molecule has 1 unspecified atom stereocenters. The van der Waals surface area contributed by atoms with Crippen molar-refractivity contribution in [3.05, 3.63) is 65.7 Å². The number of hydrogen-bond donors (Lipinski definition) is 1. The van der Waals surface area contributed by atoms with Gasteiger partial charge in [0.2, 0.25) is 5.91 Å². The van der Waals surface area contributed by atoms with Crippen molar-refractivity contribution in [1.82, 2.24) is 14.9 Å². The molecule has 5 heteroatoms. The maximum atomic E-state index is 13.3. The van der Waals surface area contributed by atoms with Gasteiger partial charge in [0.05, 0.1) is 11.0 Å². The summed E-state index contributed by atoms with van der Waals surface area (Å²) in [5, 5.41) is 0. The summed E-state index contributed by atoms with van der Waals surface area (Å²) in [6, 6.07) is 15.2. The number of carbonyl (C=O) groups is 1. The van der Waals surface area contributed by atoms with Gasteiger partial charge in [-0.15, -0.1) is 0 Å². The number of carbonyl (C=O) groups excluding carboxylic acids is 1. The predicted octanol–water partition coefficient (Wildman–Crippen LogP) is 4.26.